The number of carbonyl (C=O) groups is 2. The fourth-order valence-electron chi connectivity index (χ4n) is 4.37. The van der Waals surface area contributed by atoms with Crippen LogP contribution in [-0.2, 0) is 9.59 Å². The highest BCUT2D eigenvalue weighted by molar-refractivity contribution is 6.03. The van der Waals surface area contributed by atoms with E-state index >= 15 is 0 Å². The molecule has 4 rings (SSSR count). The zero-order valence-electron chi connectivity index (χ0n) is 20.4. The first-order chi connectivity index (χ1) is 17.1. The van der Waals surface area contributed by atoms with Crippen LogP contribution in [0.25, 0.3) is 6.08 Å². The van der Waals surface area contributed by atoms with E-state index in [2.05, 4.69) is 10.2 Å². The van der Waals surface area contributed by atoms with Crippen LogP contribution < -0.4 is 24.4 Å². The van der Waals surface area contributed by atoms with E-state index in [-0.39, 0.29) is 18.4 Å². The van der Waals surface area contributed by atoms with Crippen molar-refractivity contribution in [1.29, 1.82) is 0 Å². The first-order valence-corrected chi connectivity index (χ1v) is 12.2. The van der Waals surface area contributed by atoms with Crippen molar-refractivity contribution in [2.24, 2.45) is 0 Å². The van der Waals surface area contributed by atoms with Crippen molar-refractivity contribution >= 4 is 29.3 Å². The third-order valence-corrected chi connectivity index (χ3v) is 6.17. The molecule has 0 spiro atoms. The van der Waals surface area contributed by atoms with Gasteiger partial charge < -0.3 is 29.3 Å². The van der Waals surface area contributed by atoms with Gasteiger partial charge in [0.1, 0.15) is 5.75 Å². The van der Waals surface area contributed by atoms with Gasteiger partial charge in [-0.3, -0.25) is 9.59 Å². The number of ether oxygens (including phenoxy) is 3. The minimum absolute atomic E-state index is 0.0347. The lowest BCUT2D eigenvalue weighted by atomic mass is 10.1. The maximum absolute atomic E-state index is 12.6. The van der Waals surface area contributed by atoms with Gasteiger partial charge in [0.15, 0.2) is 18.1 Å². The van der Waals surface area contributed by atoms with E-state index in [1.807, 2.05) is 25.1 Å². The number of piperidine rings is 1. The van der Waals surface area contributed by atoms with E-state index in [4.69, 9.17) is 14.2 Å². The quantitative estimate of drug-likeness (QED) is 0.549. The number of amides is 2. The smallest absolute Gasteiger partial charge is 0.265 e. The van der Waals surface area contributed by atoms with E-state index < -0.39 is 0 Å². The molecule has 0 unspecified atom stereocenters. The van der Waals surface area contributed by atoms with Gasteiger partial charge in [0.25, 0.3) is 5.91 Å². The van der Waals surface area contributed by atoms with Gasteiger partial charge in [-0.2, -0.15) is 0 Å². The molecule has 35 heavy (non-hydrogen) atoms. The second-order valence-corrected chi connectivity index (χ2v) is 8.58. The van der Waals surface area contributed by atoms with Gasteiger partial charge in [-0.25, -0.2) is 0 Å². The van der Waals surface area contributed by atoms with Crippen LogP contribution in [0.4, 0.5) is 11.4 Å². The zero-order valence-corrected chi connectivity index (χ0v) is 20.4. The Morgan fingerprint density at radius 1 is 1.09 bits per heavy atom. The Hall–Kier alpha value is -3.52. The highest BCUT2D eigenvalue weighted by atomic mass is 16.5. The lowest BCUT2D eigenvalue weighted by Crippen LogP contribution is -2.44. The van der Waals surface area contributed by atoms with Gasteiger partial charge in [0, 0.05) is 24.9 Å². The van der Waals surface area contributed by atoms with Crippen molar-refractivity contribution in [2.75, 3.05) is 56.7 Å². The molecule has 2 aliphatic heterocycles. The summed E-state index contributed by atoms with van der Waals surface area (Å²) in [5.74, 6) is 1.58. The first-order valence-electron chi connectivity index (χ1n) is 12.2. The van der Waals surface area contributed by atoms with Crippen LogP contribution in [0.5, 0.6) is 17.2 Å². The Labute approximate surface area is 206 Å². The summed E-state index contributed by atoms with van der Waals surface area (Å²) in [5, 5.41) is 2.88. The van der Waals surface area contributed by atoms with Gasteiger partial charge >= 0.3 is 0 Å². The van der Waals surface area contributed by atoms with Crippen molar-refractivity contribution in [3.8, 4) is 17.2 Å². The van der Waals surface area contributed by atoms with E-state index in [9.17, 15) is 9.59 Å². The molecule has 0 aliphatic carbocycles. The van der Waals surface area contributed by atoms with Crippen LogP contribution >= 0.6 is 0 Å². The van der Waals surface area contributed by atoms with Gasteiger partial charge in [-0.05, 0) is 74.8 Å². The molecule has 0 bridgehead atoms. The Bertz CT molecular complexity index is 1080. The number of anilines is 2. The molecule has 1 fully saturated rings. The molecule has 0 aromatic heterocycles. The van der Waals surface area contributed by atoms with Crippen molar-refractivity contribution in [3.63, 3.8) is 0 Å². The lowest BCUT2D eigenvalue weighted by Gasteiger charge is -2.33. The fraction of sp³-hybridized carbons (Fsp3) is 0.407. The number of carbonyl (C=O) groups excluding carboxylic acids is 2. The van der Waals surface area contributed by atoms with E-state index in [0.717, 1.165) is 25.2 Å². The summed E-state index contributed by atoms with van der Waals surface area (Å²) in [6.45, 7) is 6.08. The number of nitrogens with one attached hydrogen (secondary N) is 1. The molecule has 2 heterocycles. The molecular formula is C27H33N3O5. The summed E-state index contributed by atoms with van der Waals surface area (Å²) in [4.78, 5) is 29.4. The number of benzene rings is 2. The minimum Gasteiger partial charge on any atom is -0.493 e. The fourth-order valence-corrected chi connectivity index (χ4v) is 4.37. The molecule has 186 valence electrons. The number of likely N-dealkylation sites (tertiary alicyclic amines) is 1. The standard InChI is InChI=1S/C27H33N3O5/c1-3-34-24-10-7-20(17-25(24)33-2)8-12-26(31)28-21-9-11-23-22(18-21)30(27(32)19-35-23)16-15-29-13-5-4-6-14-29/h7-12,17-18H,3-6,13-16,19H2,1-2H3,(H,28,31)/b12-8+. The van der Waals surface area contributed by atoms with E-state index in [0.29, 0.717) is 41.8 Å². The third-order valence-electron chi connectivity index (χ3n) is 6.17. The number of hydrogen-bond donors (Lipinski definition) is 1. The van der Waals surface area contributed by atoms with Gasteiger partial charge in [0.05, 0.1) is 19.4 Å². The van der Waals surface area contributed by atoms with Crippen molar-refractivity contribution in [3.05, 3.63) is 48.0 Å². The van der Waals surface area contributed by atoms with Crippen LogP contribution in [0.1, 0.15) is 31.7 Å². The lowest BCUT2D eigenvalue weighted by molar-refractivity contribution is -0.121. The van der Waals surface area contributed by atoms with Gasteiger partial charge in [0.2, 0.25) is 5.91 Å². The highest BCUT2D eigenvalue weighted by Gasteiger charge is 2.26. The molecule has 2 amide bonds. The number of fused-ring (bicyclic) bond motifs is 1. The maximum Gasteiger partial charge on any atom is 0.265 e. The van der Waals surface area contributed by atoms with Crippen LogP contribution in [-0.4, -0.2) is 63.2 Å². The molecule has 1 N–H and O–H groups in total. The maximum atomic E-state index is 12.6. The summed E-state index contributed by atoms with van der Waals surface area (Å²) in [6.07, 6.45) is 6.87. The number of rotatable bonds is 9. The van der Waals surface area contributed by atoms with Crippen LogP contribution in [0, 0.1) is 0 Å². The predicted octanol–water partition coefficient (Wildman–Crippen LogP) is 3.96. The molecule has 0 saturated carbocycles. The molecule has 1 saturated heterocycles. The average molecular weight is 480 g/mol. The Morgan fingerprint density at radius 3 is 2.69 bits per heavy atom. The van der Waals surface area contributed by atoms with E-state index in [1.165, 1.54) is 25.3 Å². The molecule has 0 atom stereocenters. The Balaban J connectivity index is 1.42. The number of methoxy groups -OCH3 is 1. The normalized spacial score (nSPS) is 16.1. The summed E-state index contributed by atoms with van der Waals surface area (Å²) < 4.78 is 16.5. The van der Waals surface area contributed by atoms with Crippen LogP contribution in [0.2, 0.25) is 0 Å². The summed E-state index contributed by atoms with van der Waals surface area (Å²) in [5.41, 5.74) is 2.11. The van der Waals surface area contributed by atoms with Crippen molar-refractivity contribution in [1.82, 2.24) is 4.90 Å². The summed E-state index contributed by atoms with van der Waals surface area (Å²) >= 11 is 0. The predicted molar refractivity (Wildman–Crippen MR) is 136 cm³/mol. The molecule has 2 aliphatic rings. The second kappa shape index (κ2) is 11.8. The van der Waals surface area contributed by atoms with Crippen LogP contribution in [0.15, 0.2) is 42.5 Å². The Kier molecular flexibility index (Phi) is 8.26. The van der Waals surface area contributed by atoms with Gasteiger partial charge in [-0.1, -0.05) is 12.5 Å². The first kappa shape index (κ1) is 24.6. The summed E-state index contributed by atoms with van der Waals surface area (Å²) in [6, 6.07) is 10.9. The second-order valence-electron chi connectivity index (χ2n) is 8.58. The van der Waals surface area contributed by atoms with Crippen LogP contribution in [0.3, 0.4) is 0 Å². The monoisotopic (exact) mass is 479 g/mol. The molecule has 2 aromatic rings. The zero-order chi connectivity index (χ0) is 24.6. The summed E-state index contributed by atoms with van der Waals surface area (Å²) in [7, 11) is 1.58. The molecule has 2 aromatic carbocycles. The van der Waals surface area contributed by atoms with Gasteiger partial charge in [-0.15, -0.1) is 0 Å². The molecular weight excluding hydrogens is 446 g/mol. The Morgan fingerprint density at radius 2 is 1.91 bits per heavy atom. The van der Waals surface area contributed by atoms with Crippen molar-refractivity contribution in [2.45, 2.75) is 26.2 Å². The third kappa shape index (κ3) is 6.33. The number of nitrogens with zero attached hydrogens (tertiary/aromatic N) is 2. The molecule has 8 heteroatoms. The van der Waals surface area contributed by atoms with Crippen molar-refractivity contribution < 1.29 is 23.8 Å². The number of hydrogen-bond acceptors (Lipinski definition) is 6. The molecule has 0 radical (unpaired) electrons. The minimum atomic E-state index is -0.277. The van der Waals surface area contributed by atoms with E-state index in [1.54, 1.807) is 36.3 Å². The molecule has 8 nitrogen and oxygen atoms in total. The largest absolute Gasteiger partial charge is 0.493 e. The average Bonchev–Trinajstić information content (AvgIpc) is 2.88. The highest BCUT2D eigenvalue weighted by Crippen LogP contribution is 2.34. The topological polar surface area (TPSA) is 80.3 Å². The SMILES string of the molecule is CCOc1ccc(/C=C/C(=O)Nc2ccc3c(c2)N(CCN2CCCCC2)C(=O)CO3)cc1OC.